The number of ether oxygens (including phenoxy) is 2. The van der Waals surface area contributed by atoms with Crippen LogP contribution in [-0.2, 0) is 14.3 Å². The van der Waals surface area contributed by atoms with Crippen molar-refractivity contribution >= 4 is 5.97 Å². The average Bonchev–Trinajstić information content (AvgIpc) is 1.92. The highest BCUT2D eigenvalue weighted by atomic mass is 16.5. The van der Waals surface area contributed by atoms with Gasteiger partial charge in [0.15, 0.2) is 0 Å². The van der Waals surface area contributed by atoms with E-state index in [0.29, 0.717) is 32.3 Å². The third-order valence-corrected chi connectivity index (χ3v) is 4.67. The van der Waals surface area contributed by atoms with Crippen LogP contribution in [0.1, 0.15) is 19.3 Å². The Kier molecular flexibility index (Phi) is 1.89. The van der Waals surface area contributed by atoms with Crippen molar-refractivity contribution in [2.45, 2.75) is 19.3 Å². The molecule has 3 rings (SSSR count). The van der Waals surface area contributed by atoms with Gasteiger partial charge in [0.25, 0.3) is 0 Å². The van der Waals surface area contributed by atoms with E-state index >= 15 is 0 Å². The largest absolute Gasteiger partial charge is 0.481 e. The van der Waals surface area contributed by atoms with E-state index in [2.05, 4.69) is 0 Å². The average molecular weight is 212 g/mol. The van der Waals surface area contributed by atoms with E-state index in [1.165, 1.54) is 19.3 Å². The first-order valence-electron chi connectivity index (χ1n) is 5.60. The van der Waals surface area contributed by atoms with Crippen molar-refractivity contribution in [1.82, 2.24) is 0 Å². The molecule has 0 aromatic heterocycles. The molecular formula is C11H16O4. The van der Waals surface area contributed by atoms with Crippen LogP contribution in [0.2, 0.25) is 0 Å². The normalized spacial score (nSPS) is 32.3. The smallest absolute Gasteiger partial charge is 0.315 e. The van der Waals surface area contributed by atoms with E-state index in [-0.39, 0.29) is 5.41 Å². The lowest BCUT2D eigenvalue weighted by Crippen LogP contribution is -2.70. The summed E-state index contributed by atoms with van der Waals surface area (Å²) < 4.78 is 10.5. The Balaban J connectivity index is 1.90. The number of carboxylic acids is 1. The van der Waals surface area contributed by atoms with Gasteiger partial charge in [-0.25, -0.2) is 0 Å². The molecule has 84 valence electrons. The predicted molar refractivity (Wildman–Crippen MR) is 51.5 cm³/mol. The van der Waals surface area contributed by atoms with Crippen molar-refractivity contribution in [1.29, 1.82) is 0 Å². The third-order valence-electron chi connectivity index (χ3n) is 4.67. The zero-order valence-electron chi connectivity index (χ0n) is 8.70. The van der Waals surface area contributed by atoms with E-state index in [1.807, 2.05) is 0 Å². The number of carboxylic acid groups (broad SMARTS) is 1. The molecule has 4 heteroatoms. The van der Waals surface area contributed by atoms with Crippen LogP contribution in [0.4, 0.5) is 0 Å². The molecule has 0 bridgehead atoms. The van der Waals surface area contributed by atoms with Crippen molar-refractivity contribution < 1.29 is 19.4 Å². The van der Waals surface area contributed by atoms with Gasteiger partial charge in [0, 0.05) is 5.41 Å². The van der Waals surface area contributed by atoms with Gasteiger partial charge < -0.3 is 14.6 Å². The van der Waals surface area contributed by atoms with Crippen LogP contribution in [-0.4, -0.2) is 37.5 Å². The van der Waals surface area contributed by atoms with Crippen LogP contribution >= 0.6 is 0 Å². The predicted octanol–water partition coefficient (Wildman–Crippen LogP) is 0.904. The molecule has 1 aliphatic carbocycles. The molecular weight excluding hydrogens is 196 g/mol. The minimum absolute atomic E-state index is 0.116. The molecule has 0 unspecified atom stereocenters. The number of rotatable bonds is 3. The second-order valence-electron chi connectivity index (χ2n) is 5.16. The molecule has 3 aliphatic rings. The van der Waals surface area contributed by atoms with Crippen LogP contribution < -0.4 is 0 Å². The Labute approximate surface area is 88.6 Å². The van der Waals surface area contributed by atoms with Crippen LogP contribution in [0.25, 0.3) is 0 Å². The zero-order valence-corrected chi connectivity index (χ0v) is 8.70. The van der Waals surface area contributed by atoms with Crippen LogP contribution in [0, 0.1) is 16.7 Å². The molecule has 0 amide bonds. The van der Waals surface area contributed by atoms with Gasteiger partial charge >= 0.3 is 5.97 Å². The molecule has 2 aliphatic heterocycles. The first kappa shape index (κ1) is 9.60. The fourth-order valence-corrected chi connectivity index (χ4v) is 3.12. The van der Waals surface area contributed by atoms with Crippen LogP contribution in [0.5, 0.6) is 0 Å². The van der Waals surface area contributed by atoms with Crippen LogP contribution in [0.15, 0.2) is 0 Å². The van der Waals surface area contributed by atoms with Crippen molar-refractivity contribution in [3.05, 3.63) is 0 Å². The fraction of sp³-hybridized carbons (Fsp3) is 0.909. The molecule has 0 aromatic carbocycles. The van der Waals surface area contributed by atoms with Crippen molar-refractivity contribution in [2.75, 3.05) is 26.4 Å². The van der Waals surface area contributed by atoms with Gasteiger partial charge in [-0.15, -0.1) is 0 Å². The highest BCUT2D eigenvalue weighted by Gasteiger charge is 2.68. The van der Waals surface area contributed by atoms with Gasteiger partial charge in [0.05, 0.1) is 26.4 Å². The van der Waals surface area contributed by atoms with Gasteiger partial charge in [-0.05, 0) is 18.8 Å². The van der Waals surface area contributed by atoms with Gasteiger partial charge in [-0.1, -0.05) is 6.42 Å². The second kappa shape index (κ2) is 2.95. The summed E-state index contributed by atoms with van der Waals surface area (Å²) in [5.41, 5.74) is -0.758. The number of carbonyl (C=O) groups is 1. The molecule has 0 atom stereocenters. The lowest BCUT2D eigenvalue weighted by molar-refractivity contribution is -0.292. The minimum atomic E-state index is -0.691. The summed E-state index contributed by atoms with van der Waals surface area (Å²) in [4.78, 5) is 11.5. The molecule has 0 spiro atoms. The molecule has 0 aromatic rings. The van der Waals surface area contributed by atoms with E-state index < -0.39 is 11.4 Å². The summed E-state index contributed by atoms with van der Waals surface area (Å²) in [6, 6.07) is 0. The zero-order chi connectivity index (χ0) is 10.5. The first-order chi connectivity index (χ1) is 7.21. The molecule has 3 fully saturated rings. The summed E-state index contributed by atoms with van der Waals surface area (Å²) in [5.74, 6) is -0.143. The molecule has 1 saturated carbocycles. The summed E-state index contributed by atoms with van der Waals surface area (Å²) in [6.45, 7) is 1.99. The molecule has 0 radical (unpaired) electrons. The summed E-state index contributed by atoms with van der Waals surface area (Å²) >= 11 is 0. The molecule has 15 heavy (non-hydrogen) atoms. The van der Waals surface area contributed by atoms with Gasteiger partial charge in [0.2, 0.25) is 0 Å². The highest BCUT2D eigenvalue weighted by Crippen LogP contribution is 2.59. The fourth-order valence-electron chi connectivity index (χ4n) is 3.12. The monoisotopic (exact) mass is 212 g/mol. The number of hydrogen-bond donors (Lipinski definition) is 1. The first-order valence-corrected chi connectivity index (χ1v) is 5.60. The highest BCUT2D eigenvalue weighted by molar-refractivity contribution is 5.77. The minimum Gasteiger partial charge on any atom is -0.481 e. The third kappa shape index (κ3) is 0.967. The number of aliphatic carboxylic acids is 1. The second-order valence-corrected chi connectivity index (χ2v) is 5.16. The van der Waals surface area contributed by atoms with Crippen LogP contribution in [0.3, 0.4) is 0 Å². The molecule has 1 N–H and O–H groups in total. The van der Waals surface area contributed by atoms with Crippen molar-refractivity contribution in [3.8, 4) is 0 Å². The maximum absolute atomic E-state index is 11.5. The standard InChI is InChI=1S/C11H16O4/c12-9(13)11(6-15-7-11)10(4-14-5-10)8-2-1-3-8/h8H,1-7H2,(H,12,13). The van der Waals surface area contributed by atoms with E-state index in [1.54, 1.807) is 0 Å². The van der Waals surface area contributed by atoms with Gasteiger partial charge in [-0.3, -0.25) is 4.79 Å². The Morgan fingerprint density at radius 2 is 1.73 bits per heavy atom. The summed E-state index contributed by atoms with van der Waals surface area (Å²) in [7, 11) is 0. The molecule has 2 saturated heterocycles. The van der Waals surface area contributed by atoms with E-state index in [9.17, 15) is 9.90 Å². The topological polar surface area (TPSA) is 55.8 Å². The van der Waals surface area contributed by atoms with Crippen molar-refractivity contribution in [2.24, 2.45) is 16.7 Å². The Morgan fingerprint density at radius 3 is 1.93 bits per heavy atom. The summed E-state index contributed by atoms with van der Waals surface area (Å²) in [5, 5.41) is 9.42. The van der Waals surface area contributed by atoms with Crippen molar-refractivity contribution in [3.63, 3.8) is 0 Å². The van der Waals surface area contributed by atoms with E-state index in [4.69, 9.17) is 9.47 Å². The van der Waals surface area contributed by atoms with Gasteiger partial charge in [0.1, 0.15) is 5.41 Å². The van der Waals surface area contributed by atoms with Gasteiger partial charge in [-0.2, -0.15) is 0 Å². The van der Waals surface area contributed by atoms with E-state index in [0.717, 1.165) is 0 Å². The lowest BCUT2D eigenvalue weighted by atomic mass is 9.50. The Bertz CT molecular complexity index is 287. The summed E-state index contributed by atoms with van der Waals surface area (Å²) in [6.07, 6.45) is 3.57. The number of hydrogen-bond acceptors (Lipinski definition) is 3. The lowest BCUT2D eigenvalue weighted by Gasteiger charge is -2.61. The quantitative estimate of drug-likeness (QED) is 0.755. The Hall–Kier alpha value is -0.610. The maximum Gasteiger partial charge on any atom is 0.315 e. The molecule has 4 nitrogen and oxygen atoms in total. The SMILES string of the molecule is O=C(O)C1(C2(C3CCC3)COC2)COC1. The maximum atomic E-state index is 11.5. The molecule has 2 heterocycles. The Morgan fingerprint density at radius 1 is 1.13 bits per heavy atom.